The van der Waals surface area contributed by atoms with E-state index in [1.165, 1.54) is 25.1 Å². The lowest BCUT2D eigenvalue weighted by molar-refractivity contribution is -0.149. The van der Waals surface area contributed by atoms with Crippen LogP contribution in [0, 0.1) is 6.92 Å². The van der Waals surface area contributed by atoms with Crippen molar-refractivity contribution in [3.8, 4) is 11.3 Å². The number of halogens is 6. The Morgan fingerprint density at radius 2 is 1.67 bits per heavy atom. The van der Waals surface area contributed by atoms with E-state index >= 15 is 0 Å². The molecule has 0 bridgehead atoms. The quantitative estimate of drug-likeness (QED) is 0.646. The third-order valence-electron chi connectivity index (χ3n) is 2.81. The predicted octanol–water partition coefficient (Wildman–Crippen LogP) is 3.63. The zero-order valence-corrected chi connectivity index (χ0v) is 10.5. The zero-order valence-electron chi connectivity index (χ0n) is 10.5. The second kappa shape index (κ2) is 4.68. The van der Waals surface area contributed by atoms with E-state index in [1.54, 1.807) is 0 Å². The lowest BCUT2D eigenvalue weighted by Crippen LogP contribution is -2.10. The summed E-state index contributed by atoms with van der Waals surface area (Å²) in [6.07, 6.45) is -10.1. The topological polar surface area (TPSA) is 53.0 Å². The van der Waals surface area contributed by atoms with Gasteiger partial charge in [0.25, 0.3) is 0 Å². The molecule has 0 spiro atoms. The van der Waals surface area contributed by atoms with E-state index in [2.05, 4.69) is 9.97 Å². The van der Waals surface area contributed by atoms with Crippen LogP contribution >= 0.6 is 0 Å². The molecule has 0 saturated heterocycles. The van der Waals surface area contributed by atoms with Crippen LogP contribution in [0.15, 0.2) is 18.2 Å². The molecule has 0 radical (unpaired) electrons. The largest absolute Gasteiger partial charge is 0.432 e. The van der Waals surface area contributed by atoms with Crippen LogP contribution < -0.4 is 10.7 Å². The monoisotopic (exact) mass is 308 g/mol. The lowest BCUT2D eigenvalue weighted by atomic mass is 10.0. The second-order valence-electron chi connectivity index (χ2n) is 4.26. The van der Waals surface area contributed by atoms with Crippen LogP contribution in [0.25, 0.3) is 11.3 Å². The first-order valence-corrected chi connectivity index (χ1v) is 5.56. The van der Waals surface area contributed by atoms with Crippen molar-refractivity contribution in [2.75, 3.05) is 5.73 Å². The molecule has 21 heavy (non-hydrogen) atoms. The summed E-state index contributed by atoms with van der Waals surface area (Å²) in [5, 5.41) is 0. The Balaban J connectivity index is 2.73. The van der Waals surface area contributed by atoms with Gasteiger partial charge in [0.05, 0.1) is 0 Å². The molecule has 0 unspecified atom stereocenters. The van der Waals surface area contributed by atoms with Crippen molar-refractivity contribution in [1.29, 1.82) is 0 Å². The third-order valence-corrected chi connectivity index (χ3v) is 2.81. The molecule has 0 amide bonds. The Bertz CT molecular complexity index is 669. The number of rotatable bonds is 1. The summed E-state index contributed by atoms with van der Waals surface area (Å²) < 4.78 is 76.2. The average Bonchev–Trinajstić information content (AvgIpc) is 2.77. The Hall–Kier alpha value is -2.19. The van der Waals surface area contributed by atoms with Crippen LogP contribution in [0.4, 0.5) is 32.0 Å². The fraction of sp³-hybridized carbons (Fsp3) is 0.250. The summed E-state index contributed by atoms with van der Waals surface area (Å²) in [5.74, 6) is -1.83. The molecule has 0 saturated carbocycles. The number of benzene rings is 1. The zero-order chi connectivity index (χ0) is 16.0. The summed E-state index contributed by atoms with van der Waals surface area (Å²) in [5.41, 5.74) is 3.23. The number of anilines is 1. The molecule has 1 aromatic carbocycles. The minimum Gasteiger partial charge on any atom is -0.432 e. The number of nitrogen functional groups attached to an aromatic ring is 1. The molecular weight excluding hydrogens is 300 g/mol. The molecule has 2 aromatic rings. The van der Waals surface area contributed by atoms with Gasteiger partial charge >= 0.3 is 12.4 Å². The molecule has 2 N–H and O–H groups in total. The fourth-order valence-corrected chi connectivity index (χ4v) is 1.76. The standard InChI is InChI=1S/C12H8F6N3/c1-5-6(3-2-4-7(5)19)8-9(11(13,14)15)21-10(20-8)12(16,17)18/h2-4H,19H2,1H3/q-1. The predicted molar refractivity (Wildman–Crippen MR) is 62.1 cm³/mol. The number of nitrogens with zero attached hydrogens (tertiary/aromatic N) is 2. The molecule has 9 heteroatoms. The van der Waals surface area contributed by atoms with Crippen LogP contribution in [0.2, 0.25) is 0 Å². The molecule has 0 aliphatic heterocycles. The van der Waals surface area contributed by atoms with Gasteiger partial charge in [-0.25, -0.2) is 0 Å². The molecular formula is C12H8F6N3-. The highest BCUT2D eigenvalue weighted by Gasteiger charge is 2.36. The van der Waals surface area contributed by atoms with E-state index in [9.17, 15) is 26.3 Å². The van der Waals surface area contributed by atoms with E-state index in [0.717, 1.165) is 0 Å². The van der Waals surface area contributed by atoms with Crippen LogP contribution in [0.1, 0.15) is 17.1 Å². The Morgan fingerprint density at radius 3 is 2.19 bits per heavy atom. The third kappa shape index (κ3) is 2.81. The van der Waals surface area contributed by atoms with Crippen LogP contribution in [-0.4, -0.2) is 4.98 Å². The highest BCUT2D eigenvalue weighted by molar-refractivity contribution is 5.72. The lowest BCUT2D eigenvalue weighted by Gasteiger charge is -2.14. The SMILES string of the molecule is Cc1c(N)cccc1-c1[n-]c(C(F)(F)F)nc1C(F)(F)F. The molecule has 1 heterocycles. The molecule has 114 valence electrons. The number of imidazole rings is 1. The maximum absolute atomic E-state index is 12.9. The van der Waals surface area contributed by atoms with Crippen molar-refractivity contribution in [3.63, 3.8) is 0 Å². The van der Waals surface area contributed by atoms with Gasteiger partial charge in [0.1, 0.15) is 0 Å². The molecule has 0 atom stereocenters. The van der Waals surface area contributed by atoms with Crippen molar-refractivity contribution in [1.82, 2.24) is 9.97 Å². The maximum Gasteiger partial charge on any atom is 0.412 e. The van der Waals surface area contributed by atoms with E-state index in [1.807, 2.05) is 0 Å². The van der Waals surface area contributed by atoms with Crippen LogP contribution in [0.5, 0.6) is 0 Å². The van der Waals surface area contributed by atoms with Crippen molar-refractivity contribution in [2.24, 2.45) is 0 Å². The van der Waals surface area contributed by atoms with Gasteiger partial charge in [0.2, 0.25) is 0 Å². The van der Waals surface area contributed by atoms with Crippen LogP contribution in [0.3, 0.4) is 0 Å². The number of hydrogen-bond acceptors (Lipinski definition) is 2. The molecule has 0 aliphatic rings. The van der Waals surface area contributed by atoms with Crippen molar-refractivity contribution in [2.45, 2.75) is 19.3 Å². The Labute approximate surface area is 114 Å². The van der Waals surface area contributed by atoms with Gasteiger partial charge < -0.3 is 15.7 Å². The van der Waals surface area contributed by atoms with Crippen molar-refractivity contribution < 1.29 is 26.3 Å². The molecule has 0 aliphatic carbocycles. The minimum atomic E-state index is -5.06. The molecule has 0 fully saturated rings. The fourth-order valence-electron chi connectivity index (χ4n) is 1.76. The minimum absolute atomic E-state index is 0.134. The number of hydrogen-bond donors (Lipinski definition) is 1. The highest BCUT2D eigenvalue weighted by atomic mass is 19.4. The average molecular weight is 308 g/mol. The van der Waals surface area contributed by atoms with E-state index in [-0.39, 0.29) is 16.8 Å². The van der Waals surface area contributed by atoms with Gasteiger partial charge in [-0.1, -0.05) is 12.1 Å². The molecule has 2 rings (SSSR count). The maximum atomic E-state index is 12.9. The Morgan fingerprint density at radius 1 is 1.05 bits per heavy atom. The van der Waals surface area contributed by atoms with E-state index < -0.39 is 29.6 Å². The first-order valence-electron chi connectivity index (χ1n) is 5.56. The van der Waals surface area contributed by atoms with Gasteiger partial charge in [0, 0.05) is 17.2 Å². The first kappa shape index (κ1) is 15.2. The van der Waals surface area contributed by atoms with Gasteiger partial charge in [-0.3, -0.25) is 0 Å². The van der Waals surface area contributed by atoms with Gasteiger partial charge in [-0.15, -0.1) is 0 Å². The first-order chi connectivity index (χ1) is 9.51. The number of nitrogens with two attached hydrogens (primary N) is 1. The van der Waals surface area contributed by atoms with Gasteiger partial charge in [0.15, 0.2) is 0 Å². The molecule has 3 nitrogen and oxygen atoms in total. The van der Waals surface area contributed by atoms with Gasteiger partial charge in [-0.05, 0) is 29.8 Å². The normalized spacial score (nSPS) is 12.7. The van der Waals surface area contributed by atoms with Gasteiger partial charge in [-0.2, -0.15) is 26.3 Å². The van der Waals surface area contributed by atoms with Crippen molar-refractivity contribution in [3.05, 3.63) is 35.3 Å². The summed E-state index contributed by atoms with van der Waals surface area (Å²) in [4.78, 5) is 5.61. The number of alkyl halides is 6. The summed E-state index contributed by atoms with van der Waals surface area (Å²) in [6, 6.07) is 3.97. The van der Waals surface area contributed by atoms with E-state index in [4.69, 9.17) is 5.73 Å². The van der Waals surface area contributed by atoms with Crippen molar-refractivity contribution >= 4 is 5.69 Å². The highest BCUT2D eigenvalue weighted by Crippen LogP contribution is 2.39. The number of aromatic nitrogens is 2. The second-order valence-corrected chi connectivity index (χ2v) is 4.26. The summed E-state index contributed by atoms with van der Waals surface area (Å²) in [6.45, 7) is 1.40. The summed E-state index contributed by atoms with van der Waals surface area (Å²) >= 11 is 0. The smallest absolute Gasteiger partial charge is 0.412 e. The van der Waals surface area contributed by atoms with E-state index in [0.29, 0.717) is 0 Å². The van der Waals surface area contributed by atoms with Crippen LogP contribution in [-0.2, 0) is 12.4 Å². The molecule has 1 aromatic heterocycles. The Kier molecular flexibility index (Phi) is 3.38. The summed E-state index contributed by atoms with van der Waals surface area (Å²) in [7, 11) is 0.